The average molecular weight is 530 g/mol. The Hall–Kier alpha value is -2.86. The van der Waals surface area contributed by atoms with Gasteiger partial charge in [0, 0.05) is 23.9 Å². The molecule has 0 saturated carbocycles. The molecular formula is C23H20ClN5O4S2. The van der Waals surface area contributed by atoms with E-state index in [-0.39, 0.29) is 28.9 Å². The lowest BCUT2D eigenvalue weighted by atomic mass is 10.1. The fourth-order valence-corrected chi connectivity index (χ4v) is 5.35. The van der Waals surface area contributed by atoms with Crippen LogP contribution in [0, 0.1) is 5.41 Å². The van der Waals surface area contributed by atoms with Gasteiger partial charge in [-0.1, -0.05) is 35.5 Å². The highest BCUT2D eigenvalue weighted by atomic mass is 35.5. The van der Waals surface area contributed by atoms with Gasteiger partial charge in [-0.05, 0) is 47.7 Å². The van der Waals surface area contributed by atoms with Crippen molar-refractivity contribution >= 4 is 69.1 Å². The van der Waals surface area contributed by atoms with E-state index in [4.69, 9.17) is 26.2 Å². The van der Waals surface area contributed by atoms with Gasteiger partial charge in [-0.25, -0.2) is 0 Å². The van der Waals surface area contributed by atoms with Gasteiger partial charge in [0.1, 0.15) is 10.8 Å². The maximum Gasteiger partial charge on any atom is 0.283 e. The van der Waals surface area contributed by atoms with Gasteiger partial charge >= 0.3 is 0 Å². The lowest BCUT2D eigenvalue weighted by molar-refractivity contribution is -0.133. The highest BCUT2D eigenvalue weighted by Crippen LogP contribution is 2.31. The van der Waals surface area contributed by atoms with Gasteiger partial charge in [-0.3, -0.25) is 15.0 Å². The molecule has 180 valence electrons. The summed E-state index contributed by atoms with van der Waals surface area (Å²) in [6.07, 6.45) is 1.58. The van der Waals surface area contributed by atoms with Crippen LogP contribution in [0.3, 0.4) is 0 Å². The molecule has 0 aliphatic carbocycles. The number of nitrogens with zero attached hydrogens (tertiary/aromatic N) is 4. The Morgan fingerprint density at radius 3 is 2.74 bits per heavy atom. The van der Waals surface area contributed by atoms with E-state index in [2.05, 4.69) is 10.1 Å². The minimum absolute atomic E-state index is 0.0622. The van der Waals surface area contributed by atoms with Gasteiger partial charge in [0.25, 0.3) is 5.91 Å². The van der Waals surface area contributed by atoms with Gasteiger partial charge in [-0.2, -0.15) is 15.1 Å². The van der Waals surface area contributed by atoms with E-state index in [9.17, 15) is 9.59 Å². The highest BCUT2D eigenvalue weighted by Gasteiger charge is 2.36. The molecule has 1 fully saturated rings. The number of thioether (sulfide) groups is 2. The number of hydrogen-bond donors (Lipinski definition) is 1. The fourth-order valence-electron chi connectivity index (χ4n) is 3.52. The molecule has 0 bridgehead atoms. The third kappa shape index (κ3) is 5.53. The second-order valence-corrected chi connectivity index (χ2v) is 10.2. The number of amidine groups is 2. The summed E-state index contributed by atoms with van der Waals surface area (Å²) in [4.78, 5) is 31.0. The van der Waals surface area contributed by atoms with Crippen LogP contribution in [0.5, 0.6) is 0 Å². The number of ether oxygens (including phenoxy) is 1. The molecule has 0 spiro atoms. The Morgan fingerprint density at radius 1 is 1.20 bits per heavy atom. The van der Waals surface area contributed by atoms with Crippen molar-refractivity contribution in [2.45, 2.75) is 17.3 Å². The number of halogens is 1. The summed E-state index contributed by atoms with van der Waals surface area (Å²) in [5.74, 6) is 0.431. The van der Waals surface area contributed by atoms with Crippen molar-refractivity contribution in [1.29, 1.82) is 5.41 Å². The normalized spacial score (nSPS) is 19.2. The van der Waals surface area contributed by atoms with Crippen LogP contribution in [-0.4, -0.2) is 64.1 Å². The summed E-state index contributed by atoms with van der Waals surface area (Å²) >= 11 is 8.57. The second-order valence-electron chi connectivity index (χ2n) is 7.76. The molecule has 0 atom stereocenters. The quantitative estimate of drug-likeness (QED) is 0.443. The van der Waals surface area contributed by atoms with Crippen molar-refractivity contribution in [3.8, 4) is 0 Å². The first-order valence-corrected chi connectivity index (χ1v) is 13.0. The Labute approximate surface area is 214 Å². The minimum atomic E-state index is -0.545. The molecule has 0 unspecified atom stereocenters. The van der Waals surface area contributed by atoms with E-state index < -0.39 is 5.91 Å². The maximum atomic E-state index is 12.6. The van der Waals surface area contributed by atoms with Crippen molar-refractivity contribution in [1.82, 2.24) is 9.91 Å². The largest absolute Gasteiger partial charge is 0.450 e. The molecule has 1 saturated heterocycles. The van der Waals surface area contributed by atoms with Crippen molar-refractivity contribution in [2.24, 2.45) is 10.1 Å². The van der Waals surface area contributed by atoms with E-state index in [1.807, 2.05) is 30.3 Å². The molecule has 1 N–H and O–H groups in total. The third-order valence-electron chi connectivity index (χ3n) is 5.35. The number of benzene rings is 1. The van der Waals surface area contributed by atoms with E-state index >= 15 is 0 Å². The second kappa shape index (κ2) is 10.4. The van der Waals surface area contributed by atoms with Gasteiger partial charge in [-0.15, -0.1) is 0 Å². The zero-order chi connectivity index (χ0) is 24.4. The van der Waals surface area contributed by atoms with Crippen LogP contribution in [0.2, 0.25) is 5.02 Å². The summed E-state index contributed by atoms with van der Waals surface area (Å²) in [5.41, 5.74) is 1.18. The van der Waals surface area contributed by atoms with Crippen LogP contribution in [0.25, 0.3) is 6.08 Å². The van der Waals surface area contributed by atoms with Gasteiger partial charge in [0.2, 0.25) is 11.1 Å². The predicted molar refractivity (Wildman–Crippen MR) is 137 cm³/mol. The number of fused-ring (bicyclic) bond motifs is 1. The Balaban J connectivity index is 1.25. The molecular weight excluding hydrogens is 510 g/mol. The lowest BCUT2D eigenvalue weighted by Gasteiger charge is -2.26. The molecule has 35 heavy (non-hydrogen) atoms. The van der Waals surface area contributed by atoms with Crippen molar-refractivity contribution in [3.63, 3.8) is 0 Å². The summed E-state index contributed by atoms with van der Waals surface area (Å²) in [6.45, 7) is 2.13. The number of hydrogen-bond acceptors (Lipinski definition) is 8. The Kier molecular flexibility index (Phi) is 7.09. The predicted octanol–water partition coefficient (Wildman–Crippen LogP) is 4.09. The minimum Gasteiger partial charge on any atom is -0.450 e. The fraction of sp³-hybridized carbons (Fsp3) is 0.261. The molecule has 4 heterocycles. The summed E-state index contributed by atoms with van der Waals surface area (Å²) < 4.78 is 11.1. The number of morpholine rings is 1. The maximum absolute atomic E-state index is 12.6. The molecule has 1 aromatic heterocycles. The molecule has 2 aromatic rings. The summed E-state index contributed by atoms with van der Waals surface area (Å²) in [6, 6.07) is 11.1. The Morgan fingerprint density at radius 2 is 1.97 bits per heavy atom. The van der Waals surface area contributed by atoms with Crippen LogP contribution in [-0.2, 0) is 20.1 Å². The molecule has 3 aliphatic heterocycles. The van der Waals surface area contributed by atoms with Crippen LogP contribution < -0.4 is 0 Å². The summed E-state index contributed by atoms with van der Waals surface area (Å²) in [5, 5.41) is 16.3. The van der Waals surface area contributed by atoms with Crippen molar-refractivity contribution < 1.29 is 18.7 Å². The number of amides is 2. The zero-order valence-electron chi connectivity index (χ0n) is 18.4. The first kappa shape index (κ1) is 23.9. The SMILES string of the molecule is N=C1/C(=C/c2ccc(SCc3ccc(Cl)cc3)o2)C(=O)N=C2SC(CC(=O)N3CCOCC3)=NN12. The van der Waals surface area contributed by atoms with Gasteiger partial charge in [0.05, 0.1) is 25.2 Å². The van der Waals surface area contributed by atoms with Crippen LogP contribution in [0.4, 0.5) is 0 Å². The first-order valence-electron chi connectivity index (χ1n) is 10.8. The number of carbonyl (C=O) groups excluding carboxylic acids is 2. The van der Waals surface area contributed by atoms with Crippen LogP contribution >= 0.6 is 35.1 Å². The smallest absolute Gasteiger partial charge is 0.283 e. The van der Waals surface area contributed by atoms with Gasteiger partial charge in [0.15, 0.2) is 10.9 Å². The topological polar surface area (TPSA) is 112 Å². The summed E-state index contributed by atoms with van der Waals surface area (Å²) in [7, 11) is 0. The molecule has 0 radical (unpaired) electrons. The lowest BCUT2D eigenvalue weighted by Crippen LogP contribution is -2.41. The number of aliphatic imine (C=N–C) groups is 1. The molecule has 3 aliphatic rings. The van der Waals surface area contributed by atoms with E-state index in [0.29, 0.717) is 53.0 Å². The Bertz CT molecular complexity index is 1260. The van der Waals surface area contributed by atoms with E-state index in [0.717, 1.165) is 17.3 Å². The monoisotopic (exact) mass is 529 g/mol. The molecule has 5 rings (SSSR count). The molecule has 1 aromatic carbocycles. The van der Waals surface area contributed by atoms with Crippen molar-refractivity contribution in [3.05, 3.63) is 58.3 Å². The average Bonchev–Trinajstić information content (AvgIpc) is 3.48. The van der Waals surface area contributed by atoms with Crippen molar-refractivity contribution in [2.75, 3.05) is 26.3 Å². The standard InChI is InChI=1S/C23H20ClN5O4S2/c24-15-3-1-14(2-4-15)13-34-20-6-5-16(33-20)11-17-21(25)29-23(26-22(17)31)35-18(27-29)12-19(30)28-7-9-32-10-8-28/h1-6,11,25H,7-10,12-13H2/b17-11-,25-21?. The molecule has 9 nitrogen and oxygen atoms in total. The highest BCUT2D eigenvalue weighted by molar-refractivity contribution is 8.27. The van der Waals surface area contributed by atoms with E-state index in [1.165, 1.54) is 22.8 Å². The number of furan rings is 1. The number of rotatable bonds is 6. The van der Waals surface area contributed by atoms with Crippen LogP contribution in [0.1, 0.15) is 17.7 Å². The number of hydrazone groups is 1. The molecule has 12 heteroatoms. The number of carbonyl (C=O) groups is 2. The third-order valence-corrected chi connectivity index (χ3v) is 7.49. The zero-order valence-corrected chi connectivity index (χ0v) is 20.8. The molecule has 2 amide bonds. The first-order chi connectivity index (χ1) is 17.0. The number of nitrogens with one attached hydrogen (secondary N) is 1. The van der Waals surface area contributed by atoms with E-state index in [1.54, 1.807) is 11.0 Å². The van der Waals surface area contributed by atoms with Crippen LogP contribution in [0.15, 0.2) is 61.6 Å². The van der Waals surface area contributed by atoms with Gasteiger partial charge < -0.3 is 14.1 Å².